The lowest BCUT2D eigenvalue weighted by Gasteiger charge is -2.30. The molecular formula is C16H22N2O2. The number of nitrogens with zero attached hydrogens (tertiary/aromatic N) is 1. The Bertz CT molecular complexity index is 463. The van der Waals surface area contributed by atoms with Crippen LogP contribution in [-0.4, -0.2) is 28.6 Å². The van der Waals surface area contributed by atoms with Gasteiger partial charge < -0.3 is 10.4 Å². The minimum absolute atomic E-state index is 0.109. The van der Waals surface area contributed by atoms with Gasteiger partial charge in [0, 0.05) is 37.4 Å². The van der Waals surface area contributed by atoms with Crippen molar-refractivity contribution in [2.24, 2.45) is 17.8 Å². The largest absolute Gasteiger partial charge is 0.396 e. The number of carbonyl (C=O) groups excluding carboxylic acids is 1. The number of aryl methyl sites for hydroxylation is 1. The molecule has 4 nitrogen and oxygen atoms in total. The van der Waals surface area contributed by atoms with Crippen molar-refractivity contribution in [2.45, 2.75) is 38.1 Å². The Morgan fingerprint density at radius 2 is 2.05 bits per heavy atom. The number of nitrogens with one attached hydrogen (secondary N) is 1. The van der Waals surface area contributed by atoms with E-state index in [0.717, 1.165) is 12.0 Å². The molecule has 4 unspecified atom stereocenters. The average Bonchev–Trinajstić information content (AvgIpc) is 3.07. The smallest absolute Gasteiger partial charge is 0.220 e. The molecule has 2 aliphatic rings. The summed E-state index contributed by atoms with van der Waals surface area (Å²) >= 11 is 0. The van der Waals surface area contributed by atoms with Crippen molar-refractivity contribution < 1.29 is 9.90 Å². The van der Waals surface area contributed by atoms with E-state index in [1.807, 2.05) is 12.1 Å². The Labute approximate surface area is 119 Å². The molecule has 108 valence electrons. The normalized spacial score (nSPS) is 31.4. The summed E-state index contributed by atoms with van der Waals surface area (Å²) in [7, 11) is 0. The highest BCUT2D eigenvalue weighted by molar-refractivity contribution is 5.76. The van der Waals surface area contributed by atoms with Gasteiger partial charge in [0.15, 0.2) is 0 Å². The Kier molecular flexibility index (Phi) is 4.01. The van der Waals surface area contributed by atoms with Crippen LogP contribution < -0.4 is 5.32 Å². The first-order chi connectivity index (χ1) is 9.78. The lowest BCUT2D eigenvalue weighted by atomic mass is 9.85. The van der Waals surface area contributed by atoms with E-state index in [4.69, 9.17) is 0 Å². The molecule has 2 saturated carbocycles. The van der Waals surface area contributed by atoms with Gasteiger partial charge in [0.05, 0.1) is 0 Å². The van der Waals surface area contributed by atoms with E-state index in [2.05, 4.69) is 10.3 Å². The van der Waals surface area contributed by atoms with Crippen LogP contribution in [0.5, 0.6) is 0 Å². The first-order valence-corrected chi connectivity index (χ1v) is 7.57. The van der Waals surface area contributed by atoms with Crippen LogP contribution in [0.1, 0.15) is 31.2 Å². The molecule has 2 bridgehead atoms. The van der Waals surface area contributed by atoms with Crippen LogP contribution in [0.2, 0.25) is 0 Å². The summed E-state index contributed by atoms with van der Waals surface area (Å²) in [4.78, 5) is 16.1. The molecule has 1 aromatic rings. The second-order valence-electron chi connectivity index (χ2n) is 6.13. The van der Waals surface area contributed by atoms with Gasteiger partial charge in [-0.25, -0.2) is 0 Å². The van der Waals surface area contributed by atoms with E-state index in [1.54, 1.807) is 12.4 Å². The van der Waals surface area contributed by atoms with Crippen molar-refractivity contribution in [3.8, 4) is 0 Å². The fourth-order valence-electron chi connectivity index (χ4n) is 3.96. The van der Waals surface area contributed by atoms with Gasteiger partial charge >= 0.3 is 0 Å². The minimum Gasteiger partial charge on any atom is -0.396 e. The first kappa shape index (κ1) is 13.6. The highest BCUT2D eigenvalue weighted by atomic mass is 16.3. The topological polar surface area (TPSA) is 62.2 Å². The maximum atomic E-state index is 12.1. The number of pyridine rings is 1. The van der Waals surface area contributed by atoms with Gasteiger partial charge in [-0.3, -0.25) is 9.78 Å². The molecule has 0 saturated heterocycles. The fourth-order valence-corrected chi connectivity index (χ4v) is 3.96. The zero-order valence-electron chi connectivity index (χ0n) is 11.7. The molecule has 20 heavy (non-hydrogen) atoms. The number of rotatable bonds is 5. The predicted octanol–water partition coefficient (Wildman–Crippen LogP) is 1.54. The third-order valence-corrected chi connectivity index (χ3v) is 5.02. The number of fused-ring (bicyclic) bond motifs is 2. The van der Waals surface area contributed by atoms with Crippen LogP contribution in [0.3, 0.4) is 0 Å². The Balaban J connectivity index is 1.51. The zero-order valence-corrected chi connectivity index (χ0v) is 11.7. The molecular weight excluding hydrogens is 252 g/mol. The minimum atomic E-state index is 0.109. The number of aliphatic hydroxyl groups excluding tert-OH is 1. The number of hydrogen-bond donors (Lipinski definition) is 2. The summed E-state index contributed by atoms with van der Waals surface area (Å²) in [6.45, 7) is 0.205. The zero-order chi connectivity index (χ0) is 13.9. The molecule has 4 atom stereocenters. The lowest BCUT2D eigenvalue weighted by molar-refractivity contribution is -0.122. The summed E-state index contributed by atoms with van der Waals surface area (Å²) in [5, 5.41) is 12.7. The molecule has 1 aromatic heterocycles. The number of amides is 1. The van der Waals surface area contributed by atoms with Gasteiger partial charge in [0.2, 0.25) is 5.91 Å². The van der Waals surface area contributed by atoms with Crippen molar-refractivity contribution >= 4 is 5.91 Å². The van der Waals surface area contributed by atoms with Gasteiger partial charge in [-0.1, -0.05) is 0 Å². The second kappa shape index (κ2) is 5.92. The number of aliphatic hydroxyl groups is 1. The van der Waals surface area contributed by atoms with E-state index in [1.165, 1.54) is 19.3 Å². The SMILES string of the molecule is O=C(CCc1ccncc1)NC1C2CCC(C2)C1CO. The quantitative estimate of drug-likeness (QED) is 0.856. The summed E-state index contributed by atoms with van der Waals surface area (Å²) in [6, 6.07) is 4.09. The van der Waals surface area contributed by atoms with E-state index >= 15 is 0 Å². The number of hydrogen-bond acceptors (Lipinski definition) is 3. The van der Waals surface area contributed by atoms with Crippen LogP contribution in [0, 0.1) is 17.8 Å². The molecule has 4 heteroatoms. The van der Waals surface area contributed by atoms with Gasteiger partial charge in [0.1, 0.15) is 0 Å². The van der Waals surface area contributed by atoms with Crippen molar-refractivity contribution in [3.05, 3.63) is 30.1 Å². The molecule has 0 radical (unpaired) electrons. The van der Waals surface area contributed by atoms with E-state index < -0.39 is 0 Å². The molecule has 2 aliphatic carbocycles. The lowest BCUT2D eigenvalue weighted by Crippen LogP contribution is -2.45. The Morgan fingerprint density at radius 1 is 1.30 bits per heavy atom. The van der Waals surface area contributed by atoms with Crippen LogP contribution in [0.4, 0.5) is 0 Å². The van der Waals surface area contributed by atoms with Gasteiger partial charge in [-0.05, 0) is 55.2 Å². The molecule has 0 spiro atoms. The van der Waals surface area contributed by atoms with Gasteiger partial charge in [-0.15, -0.1) is 0 Å². The summed E-state index contributed by atoms with van der Waals surface area (Å²) in [6.07, 6.45) is 8.38. The van der Waals surface area contributed by atoms with Gasteiger partial charge in [0.25, 0.3) is 0 Å². The van der Waals surface area contributed by atoms with E-state index in [9.17, 15) is 9.90 Å². The molecule has 1 amide bonds. The van der Waals surface area contributed by atoms with Gasteiger partial charge in [-0.2, -0.15) is 0 Å². The van der Waals surface area contributed by atoms with Crippen molar-refractivity contribution in [1.82, 2.24) is 10.3 Å². The van der Waals surface area contributed by atoms with Crippen LogP contribution in [0.15, 0.2) is 24.5 Å². The highest BCUT2D eigenvalue weighted by Gasteiger charge is 2.47. The first-order valence-electron chi connectivity index (χ1n) is 7.57. The number of aromatic nitrogens is 1. The maximum absolute atomic E-state index is 12.1. The van der Waals surface area contributed by atoms with Crippen molar-refractivity contribution in [3.63, 3.8) is 0 Å². The highest BCUT2D eigenvalue weighted by Crippen LogP contribution is 2.48. The molecule has 2 N–H and O–H groups in total. The third-order valence-electron chi connectivity index (χ3n) is 5.02. The summed E-state index contributed by atoms with van der Waals surface area (Å²) in [5.74, 6) is 1.59. The Morgan fingerprint density at radius 3 is 2.80 bits per heavy atom. The van der Waals surface area contributed by atoms with E-state index in [-0.39, 0.29) is 24.5 Å². The summed E-state index contributed by atoms with van der Waals surface area (Å²) < 4.78 is 0. The van der Waals surface area contributed by atoms with E-state index in [0.29, 0.717) is 18.3 Å². The van der Waals surface area contributed by atoms with Crippen molar-refractivity contribution in [2.75, 3.05) is 6.61 Å². The summed E-state index contributed by atoms with van der Waals surface area (Å²) in [5.41, 5.74) is 1.14. The Hall–Kier alpha value is -1.42. The monoisotopic (exact) mass is 274 g/mol. The van der Waals surface area contributed by atoms with Crippen LogP contribution in [0.25, 0.3) is 0 Å². The maximum Gasteiger partial charge on any atom is 0.220 e. The third kappa shape index (κ3) is 2.70. The fraction of sp³-hybridized carbons (Fsp3) is 0.625. The molecule has 0 aliphatic heterocycles. The molecule has 1 heterocycles. The second-order valence-corrected chi connectivity index (χ2v) is 6.13. The molecule has 0 aromatic carbocycles. The average molecular weight is 274 g/mol. The molecule has 3 rings (SSSR count). The molecule has 2 fully saturated rings. The number of carbonyl (C=O) groups is 1. The van der Waals surface area contributed by atoms with Crippen molar-refractivity contribution in [1.29, 1.82) is 0 Å². The predicted molar refractivity (Wildman–Crippen MR) is 75.9 cm³/mol. The standard InChI is InChI=1S/C16H22N2O2/c19-10-14-12-2-3-13(9-12)16(14)18-15(20)4-1-11-5-7-17-8-6-11/h5-8,12-14,16,19H,1-4,9-10H2,(H,18,20). The van der Waals surface area contributed by atoms with Crippen LogP contribution in [-0.2, 0) is 11.2 Å². The van der Waals surface area contributed by atoms with Crippen LogP contribution >= 0.6 is 0 Å².